The van der Waals surface area contributed by atoms with E-state index in [1.165, 1.54) is 6.07 Å². The van der Waals surface area contributed by atoms with Crippen molar-refractivity contribution < 1.29 is 22.8 Å². The molecule has 230 valence electrons. The van der Waals surface area contributed by atoms with Crippen LogP contribution in [0.5, 0.6) is 0 Å². The van der Waals surface area contributed by atoms with E-state index in [0.29, 0.717) is 80.0 Å². The lowest BCUT2D eigenvalue weighted by Crippen LogP contribution is -2.57. The predicted octanol–water partition coefficient (Wildman–Crippen LogP) is 5.14. The van der Waals surface area contributed by atoms with Gasteiger partial charge < -0.3 is 25.8 Å². The zero-order valence-corrected chi connectivity index (χ0v) is 25.4. The minimum atomic E-state index is -4.47. The fourth-order valence-electron chi connectivity index (χ4n) is 5.67. The summed E-state index contributed by atoms with van der Waals surface area (Å²) >= 11 is 12.5. The SMILES string of the molecule is CC(C)CC(N)c1cc(C(F)(F)F)ccc1N1CCN(C(=O)C(Cc2ccc(Cl)cc2Cl)N2CCNCCC2=O)CC1. The van der Waals surface area contributed by atoms with Crippen LogP contribution in [0.3, 0.4) is 0 Å². The number of alkyl halides is 3. The van der Waals surface area contributed by atoms with Gasteiger partial charge in [0.05, 0.1) is 5.56 Å². The number of amides is 2. The highest BCUT2D eigenvalue weighted by atomic mass is 35.5. The van der Waals surface area contributed by atoms with Crippen molar-refractivity contribution in [2.45, 2.75) is 51.4 Å². The monoisotopic (exact) mass is 627 g/mol. The quantitative estimate of drug-likeness (QED) is 0.424. The van der Waals surface area contributed by atoms with Gasteiger partial charge in [-0.1, -0.05) is 43.1 Å². The van der Waals surface area contributed by atoms with Gasteiger partial charge in [0.25, 0.3) is 0 Å². The van der Waals surface area contributed by atoms with Crippen LogP contribution in [0.4, 0.5) is 18.9 Å². The van der Waals surface area contributed by atoms with Crippen molar-refractivity contribution in [2.75, 3.05) is 50.7 Å². The van der Waals surface area contributed by atoms with Gasteiger partial charge in [-0.05, 0) is 53.8 Å². The molecular formula is C30H38Cl2F3N5O2. The number of hydrogen-bond donors (Lipinski definition) is 2. The van der Waals surface area contributed by atoms with E-state index in [0.717, 1.165) is 17.7 Å². The van der Waals surface area contributed by atoms with Crippen molar-refractivity contribution >= 4 is 40.7 Å². The van der Waals surface area contributed by atoms with Gasteiger partial charge in [-0.15, -0.1) is 0 Å². The first kappa shape index (κ1) is 32.4. The molecule has 2 aromatic carbocycles. The lowest BCUT2D eigenvalue weighted by atomic mass is 9.94. The Balaban J connectivity index is 1.55. The molecular weight excluding hydrogens is 590 g/mol. The zero-order chi connectivity index (χ0) is 30.6. The van der Waals surface area contributed by atoms with Gasteiger partial charge in [-0.25, -0.2) is 0 Å². The van der Waals surface area contributed by atoms with Crippen molar-refractivity contribution in [3.8, 4) is 0 Å². The summed E-state index contributed by atoms with van der Waals surface area (Å²) < 4.78 is 40.6. The first-order chi connectivity index (χ1) is 19.8. The van der Waals surface area contributed by atoms with Crippen LogP contribution >= 0.6 is 23.2 Å². The highest BCUT2D eigenvalue weighted by Gasteiger charge is 2.36. The molecule has 0 saturated carbocycles. The van der Waals surface area contributed by atoms with Crippen molar-refractivity contribution in [1.29, 1.82) is 0 Å². The highest BCUT2D eigenvalue weighted by Crippen LogP contribution is 2.37. The molecule has 3 N–H and O–H groups in total. The van der Waals surface area contributed by atoms with Gasteiger partial charge in [0, 0.05) is 80.4 Å². The van der Waals surface area contributed by atoms with Crippen molar-refractivity contribution in [1.82, 2.24) is 15.1 Å². The van der Waals surface area contributed by atoms with E-state index in [9.17, 15) is 22.8 Å². The van der Waals surface area contributed by atoms with E-state index in [1.807, 2.05) is 18.7 Å². The fraction of sp³-hybridized carbons (Fsp3) is 0.533. The number of benzene rings is 2. The number of halogens is 5. The Morgan fingerprint density at radius 3 is 2.38 bits per heavy atom. The molecule has 0 radical (unpaired) electrons. The second-order valence-corrected chi connectivity index (χ2v) is 12.2. The molecule has 2 unspecified atom stereocenters. The van der Waals surface area contributed by atoms with Crippen LogP contribution in [0.15, 0.2) is 36.4 Å². The summed E-state index contributed by atoms with van der Waals surface area (Å²) in [7, 11) is 0. The summed E-state index contributed by atoms with van der Waals surface area (Å²) in [5.41, 5.74) is 7.51. The second kappa shape index (κ2) is 13.8. The smallest absolute Gasteiger partial charge is 0.368 e. The normalized spacial score (nSPS) is 18.3. The van der Waals surface area contributed by atoms with Crippen LogP contribution in [0.1, 0.15) is 49.4 Å². The van der Waals surface area contributed by atoms with Crippen LogP contribution < -0.4 is 16.0 Å². The number of nitrogens with one attached hydrogen (secondary N) is 1. The van der Waals surface area contributed by atoms with Gasteiger partial charge >= 0.3 is 6.18 Å². The Labute approximate surface area is 255 Å². The van der Waals surface area contributed by atoms with Gasteiger partial charge in [-0.2, -0.15) is 13.2 Å². The molecule has 2 atom stereocenters. The molecule has 0 spiro atoms. The van der Waals surface area contributed by atoms with E-state index in [2.05, 4.69) is 5.32 Å². The summed E-state index contributed by atoms with van der Waals surface area (Å²) in [5.74, 6) is -0.0736. The van der Waals surface area contributed by atoms with Crippen LogP contribution in [0, 0.1) is 5.92 Å². The molecule has 4 rings (SSSR count). The number of nitrogens with two attached hydrogens (primary N) is 1. The van der Waals surface area contributed by atoms with Gasteiger partial charge in [0.15, 0.2) is 0 Å². The van der Waals surface area contributed by atoms with E-state index in [-0.39, 0.29) is 24.2 Å². The van der Waals surface area contributed by atoms with Crippen LogP contribution in [-0.2, 0) is 22.2 Å². The third-order valence-corrected chi connectivity index (χ3v) is 8.45. The third kappa shape index (κ3) is 7.89. The number of piperazine rings is 1. The molecule has 2 aromatic rings. The van der Waals surface area contributed by atoms with E-state index in [4.69, 9.17) is 28.9 Å². The third-order valence-electron chi connectivity index (χ3n) is 7.87. The first-order valence-corrected chi connectivity index (χ1v) is 15.0. The Kier molecular flexibility index (Phi) is 10.7. The van der Waals surface area contributed by atoms with Gasteiger partial charge in [0.1, 0.15) is 6.04 Å². The molecule has 7 nitrogen and oxygen atoms in total. The minimum absolute atomic E-state index is 0.101. The molecule has 2 heterocycles. The predicted molar refractivity (Wildman–Crippen MR) is 160 cm³/mol. The molecule has 2 fully saturated rings. The summed E-state index contributed by atoms with van der Waals surface area (Å²) in [6, 6.07) is 7.53. The lowest BCUT2D eigenvalue weighted by molar-refractivity contribution is -0.145. The Morgan fingerprint density at radius 1 is 1.02 bits per heavy atom. The summed E-state index contributed by atoms with van der Waals surface area (Å²) in [6.07, 6.45) is -3.40. The molecule has 2 aliphatic heterocycles. The molecule has 42 heavy (non-hydrogen) atoms. The Bertz CT molecular complexity index is 1270. The number of carbonyl (C=O) groups excluding carboxylic acids is 2. The Hall–Kier alpha value is -2.53. The average Bonchev–Trinajstić information content (AvgIpc) is 3.15. The standard InChI is InChI=1S/C30H38Cl2F3N5O2/c1-19(2)15-25(36)23-17-21(30(33,34)35)4-6-26(23)38-11-13-39(14-12-38)29(42)27(40-10-9-37-8-7-28(40)41)16-20-3-5-22(31)18-24(20)32/h3-6,17-19,25,27,37H,7-16,36H2,1-2H3. The maximum absolute atomic E-state index is 14.0. The Morgan fingerprint density at radius 2 is 1.74 bits per heavy atom. The summed E-state index contributed by atoms with van der Waals surface area (Å²) in [4.78, 5) is 32.4. The van der Waals surface area contributed by atoms with E-state index < -0.39 is 23.8 Å². The van der Waals surface area contributed by atoms with E-state index in [1.54, 1.807) is 28.0 Å². The second-order valence-electron chi connectivity index (χ2n) is 11.4. The van der Waals surface area contributed by atoms with Crippen LogP contribution in [0.2, 0.25) is 10.0 Å². The molecule has 0 aromatic heterocycles. The zero-order valence-electron chi connectivity index (χ0n) is 23.9. The van der Waals surface area contributed by atoms with E-state index >= 15 is 0 Å². The molecule has 0 aliphatic carbocycles. The number of carbonyl (C=O) groups is 2. The van der Waals surface area contributed by atoms with Crippen LogP contribution in [-0.4, -0.2) is 73.5 Å². The number of anilines is 1. The number of hydrogen-bond acceptors (Lipinski definition) is 5. The molecule has 12 heteroatoms. The fourth-order valence-corrected chi connectivity index (χ4v) is 6.16. The minimum Gasteiger partial charge on any atom is -0.368 e. The van der Waals surface area contributed by atoms with Crippen molar-refractivity contribution in [3.05, 3.63) is 63.1 Å². The molecule has 0 bridgehead atoms. The number of nitrogens with zero attached hydrogens (tertiary/aromatic N) is 3. The highest BCUT2D eigenvalue weighted by molar-refractivity contribution is 6.35. The van der Waals surface area contributed by atoms with Gasteiger partial charge in [0.2, 0.25) is 11.8 Å². The maximum atomic E-state index is 14.0. The number of rotatable bonds is 8. The van der Waals surface area contributed by atoms with Crippen molar-refractivity contribution in [3.63, 3.8) is 0 Å². The average molecular weight is 629 g/mol. The molecule has 2 aliphatic rings. The molecule has 2 saturated heterocycles. The van der Waals surface area contributed by atoms with Crippen molar-refractivity contribution in [2.24, 2.45) is 11.7 Å². The van der Waals surface area contributed by atoms with Crippen LogP contribution in [0.25, 0.3) is 0 Å². The largest absolute Gasteiger partial charge is 0.416 e. The topological polar surface area (TPSA) is 81.9 Å². The van der Waals surface area contributed by atoms with Gasteiger partial charge in [-0.3, -0.25) is 9.59 Å². The maximum Gasteiger partial charge on any atom is 0.416 e. The summed E-state index contributed by atoms with van der Waals surface area (Å²) in [5, 5.41) is 4.12. The first-order valence-electron chi connectivity index (χ1n) is 14.3. The summed E-state index contributed by atoms with van der Waals surface area (Å²) in [6.45, 7) is 7.02. The molecule has 2 amide bonds. The lowest BCUT2D eigenvalue weighted by Gasteiger charge is -2.40.